The van der Waals surface area contributed by atoms with Crippen molar-refractivity contribution < 1.29 is 14.3 Å². The van der Waals surface area contributed by atoms with Crippen LogP contribution < -0.4 is 10.6 Å². The molecular weight excluding hydrogens is 256 g/mol. The van der Waals surface area contributed by atoms with Crippen molar-refractivity contribution >= 4 is 12.0 Å². The molecule has 0 unspecified atom stereocenters. The summed E-state index contributed by atoms with van der Waals surface area (Å²) in [7, 11) is 1.32. The van der Waals surface area contributed by atoms with Crippen molar-refractivity contribution in [1.82, 2.24) is 10.6 Å². The Labute approximate surface area is 119 Å². The van der Waals surface area contributed by atoms with Gasteiger partial charge in [0.05, 0.1) is 7.11 Å². The highest BCUT2D eigenvalue weighted by molar-refractivity contribution is 5.80. The van der Waals surface area contributed by atoms with Crippen molar-refractivity contribution in [2.75, 3.05) is 20.2 Å². The molecule has 0 aromatic carbocycles. The molecule has 0 aromatic heterocycles. The molecule has 20 heavy (non-hydrogen) atoms. The van der Waals surface area contributed by atoms with E-state index in [4.69, 9.17) is 0 Å². The molecular formula is C15H24N2O3. The maximum atomic E-state index is 11.7. The third-order valence-electron chi connectivity index (χ3n) is 5.41. The Morgan fingerprint density at radius 2 is 1.60 bits per heavy atom. The number of esters is 1. The van der Waals surface area contributed by atoms with Gasteiger partial charge in [-0.2, -0.15) is 0 Å². The lowest BCUT2D eigenvalue weighted by Crippen LogP contribution is -2.52. The summed E-state index contributed by atoms with van der Waals surface area (Å²) in [5, 5.41) is 5.50. The molecule has 4 rings (SSSR count). The summed E-state index contributed by atoms with van der Waals surface area (Å²) in [4.78, 5) is 22.7. The Hall–Kier alpha value is -1.26. The maximum Gasteiger partial charge on any atom is 0.325 e. The van der Waals surface area contributed by atoms with Gasteiger partial charge in [0.25, 0.3) is 0 Å². The van der Waals surface area contributed by atoms with Crippen molar-refractivity contribution in [1.29, 1.82) is 0 Å². The van der Waals surface area contributed by atoms with Crippen LogP contribution >= 0.6 is 0 Å². The quantitative estimate of drug-likeness (QED) is 0.770. The van der Waals surface area contributed by atoms with E-state index < -0.39 is 5.97 Å². The Morgan fingerprint density at radius 1 is 1.05 bits per heavy atom. The normalized spacial score (nSPS) is 37.5. The molecule has 0 spiro atoms. The molecule has 5 nitrogen and oxygen atoms in total. The molecule has 5 heteroatoms. The third kappa shape index (κ3) is 2.76. The van der Waals surface area contributed by atoms with E-state index in [1.807, 2.05) is 0 Å². The van der Waals surface area contributed by atoms with E-state index in [1.54, 1.807) is 0 Å². The van der Waals surface area contributed by atoms with Crippen LogP contribution in [0.4, 0.5) is 4.79 Å². The van der Waals surface area contributed by atoms with Gasteiger partial charge in [0.2, 0.25) is 0 Å². The number of carbonyl (C=O) groups is 2. The van der Waals surface area contributed by atoms with Crippen LogP contribution in [0.15, 0.2) is 0 Å². The van der Waals surface area contributed by atoms with E-state index >= 15 is 0 Å². The van der Waals surface area contributed by atoms with Crippen LogP contribution in [-0.2, 0) is 9.53 Å². The van der Waals surface area contributed by atoms with Crippen molar-refractivity contribution in [3.8, 4) is 0 Å². The van der Waals surface area contributed by atoms with Gasteiger partial charge in [-0.05, 0) is 61.7 Å². The first-order chi connectivity index (χ1) is 9.58. The van der Waals surface area contributed by atoms with Crippen molar-refractivity contribution in [2.45, 2.75) is 38.5 Å². The predicted molar refractivity (Wildman–Crippen MR) is 74.0 cm³/mol. The number of hydrogen-bond donors (Lipinski definition) is 2. The molecule has 4 fully saturated rings. The smallest absolute Gasteiger partial charge is 0.325 e. The van der Waals surface area contributed by atoms with Crippen LogP contribution in [0, 0.1) is 23.2 Å². The zero-order valence-corrected chi connectivity index (χ0v) is 12.1. The number of urea groups is 1. The second-order valence-corrected chi connectivity index (χ2v) is 7.03. The molecule has 0 heterocycles. The van der Waals surface area contributed by atoms with E-state index in [2.05, 4.69) is 15.4 Å². The molecule has 0 saturated heterocycles. The first kappa shape index (κ1) is 13.7. The first-order valence-corrected chi connectivity index (χ1v) is 7.67. The highest BCUT2D eigenvalue weighted by Gasteiger charge is 2.50. The van der Waals surface area contributed by atoms with Crippen molar-refractivity contribution in [3.63, 3.8) is 0 Å². The van der Waals surface area contributed by atoms with E-state index in [0.717, 1.165) is 24.3 Å². The van der Waals surface area contributed by atoms with Gasteiger partial charge in [-0.25, -0.2) is 4.79 Å². The lowest BCUT2D eigenvalue weighted by atomic mass is 9.49. The number of nitrogens with one attached hydrogen (secondary N) is 2. The summed E-state index contributed by atoms with van der Waals surface area (Å²) >= 11 is 0. The molecule has 0 aromatic rings. The third-order valence-corrected chi connectivity index (χ3v) is 5.41. The molecule has 0 atom stereocenters. The summed E-state index contributed by atoms with van der Waals surface area (Å²) in [6.07, 6.45) is 8.05. The standard InChI is InChI=1S/C15H24N2O3/c1-20-13(18)8-16-14(19)17-9-15-5-10-2-11(6-15)4-12(3-10)7-15/h10-12H,2-9H2,1H3,(H2,16,17,19). The van der Waals surface area contributed by atoms with Gasteiger partial charge in [0, 0.05) is 6.54 Å². The summed E-state index contributed by atoms with van der Waals surface area (Å²) in [6.45, 7) is 0.687. The Bertz CT molecular complexity index is 373. The second kappa shape index (κ2) is 5.26. The molecule has 112 valence electrons. The minimum atomic E-state index is -0.421. The van der Waals surface area contributed by atoms with Crippen LogP contribution in [0.3, 0.4) is 0 Å². The minimum absolute atomic E-state index is 0.0663. The van der Waals surface area contributed by atoms with E-state index in [9.17, 15) is 9.59 Å². The number of hydrogen-bond acceptors (Lipinski definition) is 3. The van der Waals surface area contributed by atoms with Crippen molar-refractivity contribution in [2.24, 2.45) is 23.2 Å². The largest absolute Gasteiger partial charge is 0.468 e. The van der Waals surface area contributed by atoms with E-state index in [-0.39, 0.29) is 12.6 Å². The topological polar surface area (TPSA) is 67.4 Å². The summed E-state index contributed by atoms with van der Waals surface area (Å²) in [5.74, 6) is 2.25. The fourth-order valence-corrected chi connectivity index (χ4v) is 5.06. The molecule has 4 bridgehead atoms. The maximum absolute atomic E-state index is 11.7. The molecule has 4 saturated carbocycles. The highest BCUT2D eigenvalue weighted by atomic mass is 16.5. The SMILES string of the molecule is COC(=O)CNC(=O)NCC12CC3CC(CC(C3)C1)C2. The predicted octanol–water partition coefficient (Wildman–Crippen LogP) is 1.67. The van der Waals surface area contributed by atoms with Gasteiger partial charge in [0.1, 0.15) is 6.54 Å². The van der Waals surface area contributed by atoms with Crippen molar-refractivity contribution in [3.05, 3.63) is 0 Å². The van der Waals surface area contributed by atoms with Gasteiger partial charge in [-0.3, -0.25) is 4.79 Å². The zero-order chi connectivity index (χ0) is 14.2. The monoisotopic (exact) mass is 280 g/mol. The number of ether oxygens (including phenoxy) is 1. The Balaban J connectivity index is 1.48. The van der Waals surface area contributed by atoms with Gasteiger partial charge >= 0.3 is 12.0 Å². The number of rotatable bonds is 4. The van der Waals surface area contributed by atoms with Crippen LogP contribution in [-0.4, -0.2) is 32.2 Å². The molecule has 4 aliphatic rings. The van der Waals surface area contributed by atoms with Crippen LogP contribution in [0.2, 0.25) is 0 Å². The summed E-state index contributed by atoms with van der Waals surface area (Å²) in [6, 6.07) is -0.258. The zero-order valence-electron chi connectivity index (χ0n) is 12.1. The molecule has 4 aliphatic carbocycles. The fraction of sp³-hybridized carbons (Fsp3) is 0.867. The molecule has 0 aliphatic heterocycles. The van der Waals surface area contributed by atoms with Crippen LogP contribution in [0.1, 0.15) is 38.5 Å². The van der Waals surface area contributed by atoms with Gasteiger partial charge in [-0.1, -0.05) is 0 Å². The molecule has 0 radical (unpaired) electrons. The lowest BCUT2D eigenvalue weighted by molar-refractivity contribution is -0.139. The van der Waals surface area contributed by atoms with Gasteiger partial charge in [-0.15, -0.1) is 0 Å². The highest BCUT2D eigenvalue weighted by Crippen LogP contribution is 2.59. The summed E-state index contributed by atoms with van der Waals surface area (Å²) < 4.78 is 4.50. The van der Waals surface area contributed by atoms with Gasteiger partial charge < -0.3 is 15.4 Å². The molecule has 2 amide bonds. The fourth-order valence-electron chi connectivity index (χ4n) is 5.06. The lowest BCUT2D eigenvalue weighted by Gasteiger charge is -2.56. The second-order valence-electron chi connectivity index (χ2n) is 7.03. The van der Waals surface area contributed by atoms with Gasteiger partial charge in [0.15, 0.2) is 0 Å². The van der Waals surface area contributed by atoms with E-state index in [1.165, 1.54) is 45.6 Å². The Kier molecular flexibility index (Phi) is 3.61. The number of carbonyl (C=O) groups excluding carboxylic acids is 2. The van der Waals surface area contributed by atoms with Crippen LogP contribution in [0.25, 0.3) is 0 Å². The average molecular weight is 280 g/mol. The number of methoxy groups -OCH3 is 1. The first-order valence-electron chi connectivity index (χ1n) is 7.67. The minimum Gasteiger partial charge on any atom is -0.468 e. The summed E-state index contributed by atoms with van der Waals surface area (Å²) in [5.41, 5.74) is 0.331. The molecule has 2 N–H and O–H groups in total. The Morgan fingerprint density at radius 3 is 2.10 bits per heavy atom. The van der Waals surface area contributed by atoms with Crippen LogP contribution in [0.5, 0.6) is 0 Å². The van der Waals surface area contributed by atoms with E-state index in [0.29, 0.717) is 5.41 Å². The average Bonchev–Trinajstić information content (AvgIpc) is 2.41. The number of amides is 2.